The topological polar surface area (TPSA) is 80.0 Å². The second-order valence-corrected chi connectivity index (χ2v) is 7.56. The Kier molecular flexibility index (Phi) is 6.20. The number of thiocarbonyl (C=S) groups is 1. The van der Waals surface area contributed by atoms with Crippen molar-refractivity contribution < 1.29 is 27.6 Å². The van der Waals surface area contributed by atoms with Gasteiger partial charge in [0.15, 0.2) is 13.5 Å². The van der Waals surface area contributed by atoms with Crippen LogP contribution >= 0.6 is 19.6 Å². The van der Waals surface area contributed by atoms with Gasteiger partial charge in [0, 0.05) is 20.4 Å². The Hall–Kier alpha value is -0.205. The van der Waals surface area contributed by atoms with Crippen LogP contribution in [0.25, 0.3) is 0 Å². The summed E-state index contributed by atoms with van der Waals surface area (Å²) in [4.78, 5) is 0. The van der Waals surface area contributed by atoms with E-state index in [0.717, 1.165) is 0 Å². The predicted octanol–water partition coefficient (Wildman–Crippen LogP) is 0.498. The largest absolute Gasteiger partial charge is 0.463 e. The minimum Gasteiger partial charge on any atom is -0.463 e. The van der Waals surface area contributed by atoms with Gasteiger partial charge in [0.2, 0.25) is 0 Å². The van der Waals surface area contributed by atoms with Crippen molar-refractivity contribution in [2.24, 2.45) is 5.73 Å². The predicted molar refractivity (Wildman–Crippen MR) is 73.4 cm³/mol. The van der Waals surface area contributed by atoms with Crippen LogP contribution in [-0.4, -0.2) is 64.1 Å². The fraction of sp³-hybridized carbons (Fsp3) is 0.889. The van der Waals surface area contributed by atoms with Crippen molar-refractivity contribution >= 4 is 32.3 Å². The van der Waals surface area contributed by atoms with Crippen LogP contribution in [0.3, 0.4) is 0 Å². The molecule has 0 aromatic rings. The van der Waals surface area contributed by atoms with E-state index in [1.165, 1.54) is 20.4 Å². The highest BCUT2D eigenvalue weighted by Gasteiger charge is 2.49. The van der Waals surface area contributed by atoms with Gasteiger partial charge in [0.25, 0.3) is 5.17 Å². The maximum atomic E-state index is 12.8. The number of hydrogen-bond acceptors (Lipinski definition) is 6. The molecule has 0 bridgehead atoms. The van der Waals surface area contributed by atoms with Crippen LogP contribution < -0.4 is 5.73 Å². The Balaban J connectivity index is 2.91. The lowest BCUT2D eigenvalue weighted by molar-refractivity contribution is -0.0117. The smallest absolute Gasteiger partial charge is 0.389 e. The summed E-state index contributed by atoms with van der Waals surface area (Å²) in [6.45, 7) is 3.04. The molecule has 1 rings (SSSR count). The quantitative estimate of drug-likeness (QED) is 0.434. The molecule has 0 aromatic carbocycles. The second kappa shape index (κ2) is 6.99. The minimum atomic E-state index is -2.83. The van der Waals surface area contributed by atoms with Gasteiger partial charge >= 0.3 is 7.56 Å². The van der Waals surface area contributed by atoms with Crippen LogP contribution in [0, 0.1) is 0 Å². The molecule has 0 saturated carbocycles. The van der Waals surface area contributed by atoms with E-state index in [1.807, 2.05) is 0 Å². The molecule has 0 aromatic heterocycles. The van der Waals surface area contributed by atoms with Gasteiger partial charge in [0.05, 0.1) is 6.61 Å². The molecule has 4 atom stereocenters. The van der Waals surface area contributed by atoms with Crippen molar-refractivity contribution in [2.75, 3.05) is 27.0 Å². The zero-order valence-electron chi connectivity index (χ0n) is 10.9. The summed E-state index contributed by atoms with van der Waals surface area (Å²) in [6.07, 6.45) is -2.29. The fourth-order valence-electron chi connectivity index (χ4n) is 1.84. The normalized spacial score (nSPS) is 31.2. The molecule has 0 spiro atoms. The van der Waals surface area contributed by atoms with Crippen molar-refractivity contribution in [1.29, 1.82) is 0 Å². The monoisotopic (exact) mass is 312 g/mol. The molecule has 6 nitrogen and oxygen atoms in total. The van der Waals surface area contributed by atoms with Gasteiger partial charge < -0.3 is 28.8 Å². The number of ether oxygens (including phenoxy) is 3. The first kappa shape index (κ1) is 16.8. The summed E-state index contributed by atoms with van der Waals surface area (Å²) in [6, 6.07) is -1.00. The molecule has 1 unspecified atom stereocenters. The van der Waals surface area contributed by atoms with Crippen LogP contribution in [0.15, 0.2) is 0 Å². The first-order valence-electron chi connectivity index (χ1n) is 5.56. The lowest BCUT2D eigenvalue weighted by Crippen LogP contribution is -2.41. The van der Waals surface area contributed by atoms with E-state index in [-0.39, 0.29) is 11.8 Å². The molecule has 10 heteroatoms. The number of rotatable bonds is 6. The Morgan fingerprint density at radius 2 is 2.16 bits per heavy atom. The molecule has 1 fully saturated rings. The van der Waals surface area contributed by atoms with E-state index in [0.29, 0.717) is 7.56 Å². The first-order valence-corrected chi connectivity index (χ1v) is 8.48. The van der Waals surface area contributed by atoms with E-state index in [9.17, 15) is 8.88 Å². The Labute approximate surface area is 117 Å². The van der Waals surface area contributed by atoms with Crippen molar-refractivity contribution in [1.82, 2.24) is 0 Å². The second-order valence-electron chi connectivity index (χ2n) is 4.44. The molecule has 1 radical (unpaired) electrons. The average Bonchev–Trinajstić information content (AvgIpc) is 2.55. The van der Waals surface area contributed by atoms with Crippen LogP contribution in [0.5, 0.6) is 0 Å². The van der Waals surface area contributed by atoms with Crippen LogP contribution in [0.1, 0.15) is 0 Å². The number of methoxy groups -OCH3 is 1. The van der Waals surface area contributed by atoms with Gasteiger partial charge in [-0.05, 0) is 12.2 Å². The lowest BCUT2D eigenvalue weighted by Gasteiger charge is -2.25. The molecule has 1 aliphatic heterocycles. The van der Waals surface area contributed by atoms with Crippen molar-refractivity contribution in [3.8, 4) is 0 Å². The third-order valence-electron chi connectivity index (χ3n) is 2.43. The van der Waals surface area contributed by atoms with E-state index < -0.39 is 31.7 Å². The van der Waals surface area contributed by atoms with E-state index in [2.05, 4.69) is 12.2 Å². The fourth-order valence-corrected chi connectivity index (χ4v) is 2.80. The Morgan fingerprint density at radius 3 is 2.58 bits per heavy atom. The Bertz CT molecular complexity index is 371. The molecule has 1 heterocycles. The van der Waals surface area contributed by atoms with Crippen LogP contribution in [-0.2, 0) is 23.3 Å². The minimum absolute atomic E-state index is 0.145. The Morgan fingerprint density at radius 1 is 1.53 bits per heavy atom. The standard InChI is InChI=1S/C9H17BFNO5PS/c1-14-4-5-6(17-18(2,3)13)7(16-9(12)19)8(10-11)15-5/h5-8H,4H2,1-3H3,(H2,12,19)/t5-,6+,7?,8-/m1/s1. The maximum absolute atomic E-state index is 12.8. The molecule has 1 aliphatic rings. The van der Waals surface area contributed by atoms with Gasteiger partial charge in [-0.3, -0.25) is 4.57 Å². The van der Waals surface area contributed by atoms with Gasteiger partial charge in [0.1, 0.15) is 18.2 Å². The summed E-state index contributed by atoms with van der Waals surface area (Å²) in [7, 11) is -1.04. The van der Waals surface area contributed by atoms with Gasteiger partial charge in [-0.1, -0.05) is 0 Å². The van der Waals surface area contributed by atoms with E-state index in [1.54, 1.807) is 0 Å². The van der Waals surface area contributed by atoms with Crippen LogP contribution in [0.4, 0.5) is 4.32 Å². The molecular weight excluding hydrogens is 295 g/mol. The molecule has 2 N–H and O–H groups in total. The highest BCUT2D eigenvalue weighted by Crippen LogP contribution is 2.43. The summed E-state index contributed by atoms with van der Waals surface area (Å²) >= 11 is 4.64. The van der Waals surface area contributed by atoms with Crippen molar-refractivity contribution in [3.05, 3.63) is 0 Å². The van der Waals surface area contributed by atoms with Gasteiger partial charge in [-0.15, -0.1) is 0 Å². The van der Waals surface area contributed by atoms with Gasteiger partial charge in [-0.25, -0.2) is 0 Å². The van der Waals surface area contributed by atoms with E-state index >= 15 is 0 Å². The molecule has 109 valence electrons. The zero-order chi connectivity index (χ0) is 14.6. The van der Waals surface area contributed by atoms with Crippen molar-refractivity contribution in [2.45, 2.75) is 24.3 Å². The summed E-state index contributed by atoms with van der Waals surface area (Å²) in [5.74, 6) is 0. The molecule has 0 amide bonds. The maximum Gasteiger partial charge on any atom is 0.389 e. The van der Waals surface area contributed by atoms with Gasteiger partial charge in [-0.2, -0.15) is 0 Å². The highest BCUT2D eigenvalue weighted by molar-refractivity contribution is 7.80. The molecule has 19 heavy (non-hydrogen) atoms. The third-order valence-corrected chi connectivity index (χ3v) is 3.28. The summed E-state index contributed by atoms with van der Waals surface area (Å²) < 4.78 is 45.6. The SMILES string of the molecule is COC[C@H]1O[C@@H]([B]F)C(OC(N)=S)[C@H]1OP(C)(C)=O. The highest BCUT2D eigenvalue weighted by atomic mass is 32.1. The first-order chi connectivity index (χ1) is 8.78. The number of nitrogens with two attached hydrogens (primary N) is 1. The lowest BCUT2D eigenvalue weighted by atomic mass is 9.88. The third kappa shape index (κ3) is 5.00. The zero-order valence-corrected chi connectivity index (χ0v) is 12.7. The van der Waals surface area contributed by atoms with Crippen molar-refractivity contribution in [3.63, 3.8) is 0 Å². The molecule has 0 aliphatic carbocycles. The summed E-state index contributed by atoms with van der Waals surface area (Å²) in [5, 5.41) is -0.255. The molecule has 1 saturated heterocycles. The molecular formula is C9H17BFNO5PS. The average molecular weight is 312 g/mol. The van der Waals surface area contributed by atoms with E-state index in [4.69, 9.17) is 24.5 Å². The van der Waals surface area contributed by atoms with Crippen LogP contribution in [0.2, 0.25) is 0 Å². The number of halogens is 1. The number of hydrogen-bond donors (Lipinski definition) is 1. The summed E-state index contributed by atoms with van der Waals surface area (Å²) in [5.41, 5.74) is 5.30.